The number of nitrogens with zero attached hydrogens (tertiary/aromatic N) is 4. The first-order valence-electron chi connectivity index (χ1n) is 7.99. The van der Waals surface area contributed by atoms with Gasteiger partial charge in [-0.3, -0.25) is 0 Å². The molecular weight excluding hydrogens is 368 g/mol. The molecule has 0 aliphatic heterocycles. The summed E-state index contributed by atoms with van der Waals surface area (Å²) in [6, 6.07) is 15.6. The predicted molar refractivity (Wildman–Crippen MR) is 105 cm³/mol. The van der Waals surface area contributed by atoms with E-state index in [4.69, 9.17) is 16.3 Å². The summed E-state index contributed by atoms with van der Waals surface area (Å²) in [5.74, 6) is 1.65. The second-order valence-corrected chi connectivity index (χ2v) is 7.08. The lowest BCUT2D eigenvalue weighted by molar-refractivity contribution is 0.414. The standard InChI is InChI=1S/C19H15ClN4OS/c1-25-16-9-4-14(5-10-16)12-17-21-22-19-24(17)23-18(26-19)11-6-13-2-7-15(20)8-3-13/h2-11H,12H2,1H3/b11-6+. The number of rotatable bonds is 5. The Labute approximate surface area is 159 Å². The van der Waals surface area contributed by atoms with Crippen LogP contribution in [-0.4, -0.2) is 26.9 Å². The summed E-state index contributed by atoms with van der Waals surface area (Å²) in [5, 5.41) is 14.7. The number of methoxy groups -OCH3 is 1. The molecule has 0 aliphatic carbocycles. The van der Waals surface area contributed by atoms with Crippen molar-refractivity contribution in [3.8, 4) is 5.75 Å². The van der Waals surface area contributed by atoms with Crippen LogP contribution in [0.2, 0.25) is 5.02 Å². The van der Waals surface area contributed by atoms with Crippen molar-refractivity contribution in [3.63, 3.8) is 0 Å². The van der Waals surface area contributed by atoms with Crippen LogP contribution >= 0.6 is 22.9 Å². The molecule has 0 atom stereocenters. The molecule has 7 heteroatoms. The fourth-order valence-electron chi connectivity index (χ4n) is 2.52. The zero-order valence-electron chi connectivity index (χ0n) is 14.0. The number of ether oxygens (including phenoxy) is 1. The van der Waals surface area contributed by atoms with Crippen LogP contribution < -0.4 is 4.74 Å². The third-order valence-corrected chi connectivity index (χ3v) is 5.00. The molecule has 0 N–H and O–H groups in total. The lowest BCUT2D eigenvalue weighted by Gasteiger charge is -2.01. The molecule has 4 rings (SSSR count). The molecule has 0 amide bonds. The molecule has 0 bridgehead atoms. The van der Waals surface area contributed by atoms with E-state index in [0.29, 0.717) is 6.42 Å². The van der Waals surface area contributed by atoms with Crippen LogP contribution in [0.15, 0.2) is 48.5 Å². The van der Waals surface area contributed by atoms with E-state index >= 15 is 0 Å². The average Bonchev–Trinajstić information content (AvgIpc) is 3.23. The molecule has 2 aromatic heterocycles. The van der Waals surface area contributed by atoms with Crippen molar-refractivity contribution in [3.05, 3.63) is 75.5 Å². The highest BCUT2D eigenvalue weighted by Crippen LogP contribution is 2.20. The van der Waals surface area contributed by atoms with E-state index < -0.39 is 0 Å². The zero-order chi connectivity index (χ0) is 17.9. The molecule has 0 unspecified atom stereocenters. The van der Waals surface area contributed by atoms with Gasteiger partial charge in [-0.05, 0) is 41.5 Å². The summed E-state index contributed by atoms with van der Waals surface area (Å²) < 4.78 is 6.99. The maximum Gasteiger partial charge on any atom is 0.234 e. The maximum atomic E-state index is 5.91. The van der Waals surface area contributed by atoms with Gasteiger partial charge in [-0.1, -0.05) is 53.3 Å². The van der Waals surface area contributed by atoms with Crippen molar-refractivity contribution < 1.29 is 4.74 Å². The van der Waals surface area contributed by atoms with Gasteiger partial charge in [0.05, 0.1) is 7.11 Å². The first kappa shape index (κ1) is 16.8. The summed E-state index contributed by atoms with van der Waals surface area (Å²) in [7, 11) is 1.66. The van der Waals surface area contributed by atoms with Crippen LogP contribution in [0, 0.1) is 0 Å². The lowest BCUT2D eigenvalue weighted by Crippen LogP contribution is -1.97. The van der Waals surface area contributed by atoms with E-state index in [0.717, 1.165) is 37.7 Å². The molecule has 0 saturated carbocycles. The van der Waals surface area contributed by atoms with Gasteiger partial charge in [-0.2, -0.15) is 9.61 Å². The average molecular weight is 383 g/mol. The molecule has 4 aromatic rings. The van der Waals surface area contributed by atoms with E-state index in [1.807, 2.05) is 60.7 Å². The SMILES string of the molecule is COc1ccc(Cc2nnc3sc(/C=C/c4ccc(Cl)cc4)nn23)cc1. The number of hydrogen-bond acceptors (Lipinski definition) is 5. The lowest BCUT2D eigenvalue weighted by atomic mass is 10.1. The highest BCUT2D eigenvalue weighted by Gasteiger charge is 2.11. The molecule has 130 valence electrons. The number of hydrogen-bond donors (Lipinski definition) is 0. The minimum atomic E-state index is 0.662. The number of fused-ring (bicyclic) bond motifs is 1. The van der Waals surface area contributed by atoms with Gasteiger partial charge in [-0.25, -0.2) is 0 Å². The Bertz CT molecular complexity index is 1050. The van der Waals surface area contributed by atoms with Crippen LogP contribution in [0.1, 0.15) is 22.0 Å². The molecule has 2 aromatic carbocycles. The van der Waals surface area contributed by atoms with Crippen molar-refractivity contribution in [2.45, 2.75) is 6.42 Å². The minimum Gasteiger partial charge on any atom is -0.497 e. The van der Waals surface area contributed by atoms with Gasteiger partial charge in [0, 0.05) is 11.4 Å². The van der Waals surface area contributed by atoms with Crippen molar-refractivity contribution in [2.24, 2.45) is 0 Å². The van der Waals surface area contributed by atoms with Crippen molar-refractivity contribution in [1.29, 1.82) is 0 Å². The van der Waals surface area contributed by atoms with Crippen molar-refractivity contribution in [1.82, 2.24) is 19.8 Å². The maximum absolute atomic E-state index is 5.91. The van der Waals surface area contributed by atoms with Gasteiger partial charge in [0.1, 0.15) is 10.8 Å². The van der Waals surface area contributed by atoms with Gasteiger partial charge in [-0.15, -0.1) is 10.2 Å². The van der Waals surface area contributed by atoms with E-state index in [-0.39, 0.29) is 0 Å². The predicted octanol–water partition coefficient (Wildman–Crippen LogP) is 4.61. The summed E-state index contributed by atoms with van der Waals surface area (Å²) in [5.41, 5.74) is 2.20. The second-order valence-electron chi connectivity index (χ2n) is 5.66. The van der Waals surface area contributed by atoms with Gasteiger partial charge in [0.2, 0.25) is 4.96 Å². The Morgan fingerprint density at radius 1 is 1.04 bits per heavy atom. The van der Waals surface area contributed by atoms with E-state index in [2.05, 4.69) is 15.3 Å². The molecule has 0 aliphatic rings. The molecule has 2 heterocycles. The second kappa shape index (κ2) is 7.27. The summed E-state index contributed by atoms with van der Waals surface area (Å²) >= 11 is 7.41. The fraction of sp³-hybridized carbons (Fsp3) is 0.105. The van der Waals surface area contributed by atoms with Crippen LogP contribution in [0.3, 0.4) is 0 Å². The zero-order valence-corrected chi connectivity index (χ0v) is 15.5. The highest BCUT2D eigenvalue weighted by molar-refractivity contribution is 7.17. The molecule has 0 saturated heterocycles. The molecule has 0 radical (unpaired) electrons. The Kier molecular flexibility index (Phi) is 4.69. The Morgan fingerprint density at radius 2 is 1.81 bits per heavy atom. The Morgan fingerprint density at radius 3 is 2.54 bits per heavy atom. The summed E-state index contributed by atoms with van der Waals surface area (Å²) in [4.78, 5) is 0.782. The largest absolute Gasteiger partial charge is 0.497 e. The summed E-state index contributed by atoms with van der Waals surface area (Å²) in [6.07, 6.45) is 4.64. The smallest absolute Gasteiger partial charge is 0.234 e. The molecular formula is C19H15ClN4OS. The van der Waals surface area contributed by atoms with Crippen LogP contribution in [0.5, 0.6) is 5.75 Å². The highest BCUT2D eigenvalue weighted by atomic mass is 35.5. The molecule has 0 spiro atoms. The van der Waals surface area contributed by atoms with E-state index in [1.165, 1.54) is 11.3 Å². The number of halogens is 1. The van der Waals surface area contributed by atoms with Crippen molar-refractivity contribution >= 4 is 40.1 Å². The third-order valence-electron chi connectivity index (χ3n) is 3.88. The van der Waals surface area contributed by atoms with E-state index in [1.54, 1.807) is 11.6 Å². The molecule has 26 heavy (non-hydrogen) atoms. The summed E-state index contributed by atoms with van der Waals surface area (Å²) in [6.45, 7) is 0. The Hall–Kier alpha value is -2.70. The quantitative estimate of drug-likeness (QED) is 0.505. The molecule has 5 nitrogen and oxygen atoms in total. The fourth-order valence-corrected chi connectivity index (χ4v) is 3.40. The number of aromatic nitrogens is 4. The van der Waals surface area contributed by atoms with Crippen molar-refractivity contribution in [2.75, 3.05) is 7.11 Å². The van der Waals surface area contributed by atoms with Gasteiger partial charge < -0.3 is 4.74 Å². The molecule has 0 fully saturated rings. The monoisotopic (exact) mass is 382 g/mol. The number of benzene rings is 2. The van der Waals surface area contributed by atoms with Crippen LogP contribution in [0.25, 0.3) is 17.1 Å². The third kappa shape index (κ3) is 3.61. The van der Waals surface area contributed by atoms with Gasteiger partial charge >= 0.3 is 0 Å². The normalized spacial score (nSPS) is 11.5. The first-order valence-corrected chi connectivity index (χ1v) is 9.18. The van der Waals surface area contributed by atoms with Crippen LogP contribution in [0.4, 0.5) is 0 Å². The van der Waals surface area contributed by atoms with E-state index in [9.17, 15) is 0 Å². The van der Waals surface area contributed by atoms with Gasteiger partial charge in [0.25, 0.3) is 0 Å². The topological polar surface area (TPSA) is 52.3 Å². The van der Waals surface area contributed by atoms with Crippen LogP contribution in [-0.2, 0) is 6.42 Å². The minimum absolute atomic E-state index is 0.662. The first-order chi connectivity index (χ1) is 12.7. The van der Waals surface area contributed by atoms with Gasteiger partial charge in [0.15, 0.2) is 5.82 Å². The Balaban J connectivity index is 1.55.